The number of Topliss-reactive ketones (excluding diaryl/α,β-unsaturated/α-hetero) is 1. The molecule has 2 aromatic carbocycles. The SMILES string of the molecule is CC(=O)NCc1ccc(C(=O)OC(C)C(=O)Nc2cccc(C(C)=O)c2)cc1. The summed E-state index contributed by atoms with van der Waals surface area (Å²) >= 11 is 0. The van der Waals surface area contributed by atoms with Crippen molar-refractivity contribution in [3.8, 4) is 0 Å². The Labute approximate surface area is 163 Å². The number of ether oxygens (including phenoxy) is 1. The summed E-state index contributed by atoms with van der Waals surface area (Å²) in [5, 5.41) is 5.28. The van der Waals surface area contributed by atoms with Crippen LogP contribution in [0.4, 0.5) is 5.69 Å². The van der Waals surface area contributed by atoms with Gasteiger partial charge in [-0.2, -0.15) is 0 Å². The minimum absolute atomic E-state index is 0.113. The molecule has 2 aromatic rings. The average molecular weight is 382 g/mol. The first-order valence-corrected chi connectivity index (χ1v) is 8.72. The fourth-order valence-electron chi connectivity index (χ4n) is 2.33. The normalized spacial score (nSPS) is 11.2. The summed E-state index contributed by atoms with van der Waals surface area (Å²) in [5.74, 6) is -1.39. The number of nitrogens with one attached hydrogen (secondary N) is 2. The van der Waals surface area contributed by atoms with Gasteiger partial charge in [-0.15, -0.1) is 0 Å². The first-order chi connectivity index (χ1) is 13.3. The van der Waals surface area contributed by atoms with Crippen LogP contribution in [0.2, 0.25) is 0 Å². The Bertz CT molecular complexity index is 890. The van der Waals surface area contributed by atoms with Crippen LogP contribution in [0, 0.1) is 0 Å². The van der Waals surface area contributed by atoms with Crippen molar-refractivity contribution in [3.05, 3.63) is 65.2 Å². The maximum Gasteiger partial charge on any atom is 0.338 e. The highest BCUT2D eigenvalue weighted by molar-refractivity contribution is 5.99. The van der Waals surface area contributed by atoms with Gasteiger partial charge >= 0.3 is 5.97 Å². The zero-order valence-electron chi connectivity index (χ0n) is 15.9. The number of rotatable bonds is 7. The van der Waals surface area contributed by atoms with Gasteiger partial charge in [0.1, 0.15) is 0 Å². The molecule has 7 nitrogen and oxygen atoms in total. The highest BCUT2D eigenvalue weighted by Gasteiger charge is 2.19. The topological polar surface area (TPSA) is 102 Å². The molecule has 1 unspecified atom stereocenters. The maximum absolute atomic E-state index is 12.3. The van der Waals surface area contributed by atoms with E-state index in [1.54, 1.807) is 48.5 Å². The standard InChI is InChI=1S/C21H22N2O5/c1-13(24)18-5-4-6-19(11-18)23-20(26)14(2)28-21(27)17-9-7-16(8-10-17)12-22-15(3)25/h4-11,14H,12H2,1-3H3,(H,22,25)(H,23,26). The summed E-state index contributed by atoms with van der Waals surface area (Å²) in [6, 6.07) is 13.0. The number of carbonyl (C=O) groups is 4. The minimum Gasteiger partial charge on any atom is -0.449 e. The third-order valence-electron chi connectivity index (χ3n) is 3.92. The van der Waals surface area contributed by atoms with Crippen LogP contribution in [0.5, 0.6) is 0 Å². The van der Waals surface area contributed by atoms with Gasteiger partial charge < -0.3 is 15.4 Å². The molecule has 146 valence electrons. The van der Waals surface area contributed by atoms with E-state index in [0.29, 0.717) is 23.4 Å². The Kier molecular flexibility index (Phi) is 7.03. The number of anilines is 1. The number of hydrogen-bond donors (Lipinski definition) is 2. The Morgan fingerprint density at radius 3 is 2.25 bits per heavy atom. The molecule has 0 heterocycles. The highest BCUT2D eigenvalue weighted by Crippen LogP contribution is 2.13. The predicted molar refractivity (Wildman–Crippen MR) is 104 cm³/mol. The second-order valence-corrected chi connectivity index (χ2v) is 6.28. The molecule has 2 rings (SSSR count). The Balaban J connectivity index is 1.94. The number of benzene rings is 2. The molecule has 1 atom stereocenters. The first kappa shape index (κ1) is 20.8. The Morgan fingerprint density at radius 1 is 0.964 bits per heavy atom. The lowest BCUT2D eigenvalue weighted by Gasteiger charge is -2.14. The summed E-state index contributed by atoms with van der Waals surface area (Å²) < 4.78 is 5.20. The van der Waals surface area contributed by atoms with Crippen LogP contribution in [0.25, 0.3) is 0 Å². The molecule has 0 saturated carbocycles. The van der Waals surface area contributed by atoms with Gasteiger partial charge in [0.05, 0.1) is 5.56 Å². The second kappa shape index (κ2) is 9.45. The molecule has 0 spiro atoms. The van der Waals surface area contributed by atoms with E-state index in [1.165, 1.54) is 20.8 Å². The van der Waals surface area contributed by atoms with Gasteiger partial charge in [0.2, 0.25) is 5.91 Å². The van der Waals surface area contributed by atoms with Crippen molar-refractivity contribution < 1.29 is 23.9 Å². The second-order valence-electron chi connectivity index (χ2n) is 6.28. The maximum atomic E-state index is 12.3. The lowest BCUT2D eigenvalue weighted by molar-refractivity contribution is -0.123. The summed E-state index contributed by atoms with van der Waals surface area (Å²) in [6.45, 7) is 4.69. The van der Waals surface area contributed by atoms with Gasteiger partial charge in [-0.1, -0.05) is 24.3 Å². The summed E-state index contributed by atoms with van der Waals surface area (Å²) in [7, 11) is 0. The van der Waals surface area contributed by atoms with E-state index in [1.807, 2.05) is 0 Å². The van der Waals surface area contributed by atoms with Gasteiger partial charge in [-0.25, -0.2) is 4.79 Å². The van der Waals surface area contributed by atoms with Crippen LogP contribution in [0.1, 0.15) is 47.1 Å². The Hall–Kier alpha value is -3.48. The fourth-order valence-corrected chi connectivity index (χ4v) is 2.33. The van der Waals surface area contributed by atoms with Crippen LogP contribution in [0.15, 0.2) is 48.5 Å². The van der Waals surface area contributed by atoms with Crippen molar-refractivity contribution in [2.24, 2.45) is 0 Å². The quantitative estimate of drug-likeness (QED) is 0.566. The molecule has 0 radical (unpaired) electrons. The van der Waals surface area contributed by atoms with Crippen LogP contribution in [0.3, 0.4) is 0 Å². The van der Waals surface area contributed by atoms with E-state index >= 15 is 0 Å². The lowest BCUT2D eigenvalue weighted by Crippen LogP contribution is -2.30. The van der Waals surface area contributed by atoms with E-state index in [0.717, 1.165) is 5.56 Å². The molecule has 0 fully saturated rings. The molecule has 7 heteroatoms. The number of amides is 2. The molecule has 2 N–H and O–H groups in total. The van der Waals surface area contributed by atoms with Crippen LogP contribution >= 0.6 is 0 Å². The molecule has 28 heavy (non-hydrogen) atoms. The molecular weight excluding hydrogens is 360 g/mol. The van der Waals surface area contributed by atoms with Crippen molar-refractivity contribution in [1.82, 2.24) is 5.32 Å². The van der Waals surface area contributed by atoms with Crippen molar-refractivity contribution in [2.45, 2.75) is 33.4 Å². The van der Waals surface area contributed by atoms with Crippen molar-refractivity contribution in [2.75, 3.05) is 5.32 Å². The third kappa shape index (κ3) is 6.05. The lowest BCUT2D eigenvalue weighted by atomic mass is 10.1. The van der Waals surface area contributed by atoms with Crippen molar-refractivity contribution >= 4 is 29.3 Å². The number of hydrogen-bond acceptors (Lipinski definition) is 5. The monoisotopic (exact) mass is 382 g/mol. The minimum atomic E-state index is -1.02. The predicted octanol–water partition coefficient (Wildman–Crippen LogP) is 2.71. The Morgan fingerprint density at radius 2 is 1.64 bits per heavy atom. The van der Waals surface area contributed by atoms with Crippen LogP contribution in [-0.2, 0) is 20.9 Å². The fraction of sp³-hybridized carbons (Fsp3) is 0.238. The van der Waals surface area contributed by atoms with E-state index in [2.05, 4.69) is 10.6 Å². The van der Waals surface area contributed by atoms with E-state index in [9.17, 15) is 19.2 Å². The zero-order chi connectivity index (χ0) is 20.7. The summed E-state index contributed by atoms with van der Waals surface area (Å²) in [4.78, 5) is 46.8. The molecule has 0 aliphatic rings. The zero-order valence-corrected chi connectivity index (χ0v) is 15.9. The van der Waals surface area contributed by atoms with E-state index in [-0.39, 0.29) is 11.7 Å². The van der Waals surface area contributed by atoms with Gasteiger partial charge in [-0.3, -0.25) is 14.4 Å². The van der Waals surface area contributed by atoms with E-state index < -0.39 is 18.0 Å². The summed E-state index contributed by atoms with van der Waals surface area (Å²) in [5.41, 5.74) is 2.05. The van der Waals surface area contributed by atoms with Gasteiger partial charge in [0, 0.05) is 24.7 Å². The van der Waals surface area contributed by atoms with Gasteiger partial charge in [-0.05, 0) is 43.7 Å². The van der Waals surface area contributed by atoms with Crippen molar-refractivity contribution in [1.29, 1.82) is 0 Å². The number of ketones is 1. The molecule has 0 aromatic heterocycles. The summed E-state index contributed by atoms with van der Waals surface area (Å²) in [6.07, 6.45) is -1.02. The average Bonchev–Trinajstić information content (AvgIpc) is 2.66. The highest BCUT2D eigenvalue weighted by atomic mass is 16.5. The van der Waals surface area contributed by atoms with Crippen LogP contribution in [-0.4, -0.2) is 29.7 Å². The number of esters is 1. The van der Waals surface area contributed by atoms with E-state index in [4.69, 9.17) is 4.74 Å². The molecule has 0 bridgehead atoms. The number of carbonyl (C=O) groups excluding carboxylic acids is 4. The van der Waals surface area contributed by atoms with Gasteiger partial charge in [0.25, 0.3) is 5.91 Å². The molecule has 2 amide bonds. The third-order valence-corrected chi connectivity index (χ3v) is 3.92. The molecule has 0 aliphatic heterocycles. The molecular formula is C21H22N2O5. The molecule has 0 aliphatic carbocycles. The van der Waals surface area contributed by atoms with Crippen LogP contribution < -0.4 is 10.6 Å². The first-order valence-electron chi connectivity index (χ1n) is 8.72. The smallest absolute Gasteiger partial charge is 0.338 e. The largest absolute Gasteiger partial charge is 0.449 e. The molecule has 0 saturated heterocycles. The van der Waals surface area contributed by atoms with Gasteiger partial charge in [0.15, 0.2) is 11.9 Å². The van der Waals surface area contributed by atoms with Crippen molar-refractivity contribution in [3.63, 3.8) is 0 Å².